The number of ether oxygens (including phenoxy) is 1. The van der Waals surface area contributed by atoms with Gasteiger partial charge in [0.25, 0.3) is 0 Å². The van der Waals surface area contributed by atoms with Crippen molar-refractivity contribution in [2.24, 2.45) is 29.1 Å². The average Bonchev–Trinajstić information content (AvgIpc) is 3.15. The van der Waals surface area contributed by atoms with Crippen molar-refractivity contribution in [3.05, 3.63) is 28.5 Å². The van der Waals surface area contributed by atoms with E-state index in [1.165, 1.54) is 50.7 Å². The summed E-state index contributed by atoms with van der Waals surface area (Å²) in [4.78, 5) is 12.6. The van der Waals surface area contributed by atoms with E-state index in [0.717, 1.165) is 43.4 Å². The fraction of sp³-hybridized carbons (Fsp3) is 0.696. The minimum atomic E-state index is -0.489. The van der Waals surface area contributed by atoms with E-state index in [9.17, 15) is 9.18 Å². The van der Waals surface area contributed by atoms with Crippen LogP contribution in [0.15, 0.2) is 12.1 Å². The minimum Gasteiger partial charge on any atom is -0.491 e. The van der Waals surface area contributed by atoms with Crippen LogP contribution in [0.3, 0.4) is 0 Å². The van der Waals surface area contributed by atoms with E-state index in [1.54, 1.807) is 0 Å². The van der Waals surface area contributed by atoms with E-state index in [0.29, 0.717) is 17.4 Å². The summed E-state index contributed by atoms with van der Waals surface area (Å²) in [6.45, 7) is 0.631. The normalized spacial score (nSPS) is 35.0. The molecule has 5 aliphatic carbocycles. The predicted octanol–water partition coefficient (Wildman–Crippen LogP) is 6.45. The van der Waals surface area contributed by atoms with Gasteiger partial charge in [0.1, 0.15) is 11.6 Å². The maximum Gasteiger partial charge on any atom is 0.168 e. The molecule has 4 heteroatoms. The van der Waals surface area contributed by atoms with Crippen LogP contribution in [0, 0.1) is 34.9 Å². The molecule has 6 rings (SSSR count). The maximum absolute atomic E-state index is 14.7. The summed E-state index contributed by atoms with van der Waals surface area (Å²) in [6.07, 6.45) is 11.8. The zero-order chi connectivity index (χ0) is 18.6. The van der Waals surface area contributed by atoms with Crippen LogP contribution in [-0.4, -0.2) is 12.4 Å². The summed E-state index contributed by atoms with van der Waals surface area (Å²) in [5.74, 6) is 2.34. The Morgan fingerprint density at radius 2 is 1.67 bits per heavy atom. The first-order chi connectivity index (χ1) is 13.0. The Balaban J connectivity index is 1.31. The van der Waals surface area contributed by atoms with Crippen LogP contribution in [0.25, 0.3) is 0 Å². The summed E-state index contributed by atoms with van der Waals surface area (Å²) in [5.41, 5.74) is 0.390. The lowest BCUT2D eigenvalue weighted by Crippen LogP contribution is -2.48. The second kappa shape index (κ2) is 6.76. The number of rotatable bonds is 5. The minimum absolute atomic E-state index is 0.0469. The first-order valence-corrected chi connectivity index (χ1v) is 11.1. The summed E-state index contributed by atoms with van der Waals surface area (Å²) >= 11 is 6.39. The lowest BCUT2D eigenvalue weighted by molar-refractivity contribution is -0.0745. The van der Waals surface area contributed by atoms with Crippen LogP contribution >= 0.6 is 11.6 Å². The molecular weight excluding hydrogens is 363 g/mol. The third-order valence-corrected chi connectivity index (χ3v) is 8.01. The molecule has 146 valence electrons. The molecule has 2 nitrogen and oxygen atoms in total. The Hall–Kier alpha value is -1.09. The van der Waals surface area contributed by atoms with Crippen molar-refractivity contribution in [2.45, 2.75) is 64.2 Å². The molecule has 5 saturated carbocycles. The fourth-order valence-electron chi connectivity index (χ4n) is 6.93. The van der Waals surface area contributed by atoms with Crippen LogP contribution in [0.1, 0.15) is 74.6 Å². The molecule has 5 fully saturated rings. The first kappa shape index (κ1) is 18.0. The van der Waals surface area contributed by atoms with Crippen LogP contribution in [0.2, 0.25) is 5.02 Å². The lowest BCUT2D eigenvalue weighted by atomic mass is 9.50. The monoisotopic (exact) mass is 390 g/mol. The summed E-state index contributed by atoms with van der Waals surface area (Å²) in [6, 6.07) is 2.83. The average molecular weight is 391 g/mol. The number of halogens is 2. The number of carbonyl (C=O) groups is 1. The van der Waals surface area contributed by atoms with Gasteiger partial charge in [-0.05, 0) is 75.2 Å². The van der Waals surface area contributed by atoms with Crippen molar-refractivity contribution in [1.82, 2.24) is 0 Å². The van der Waals surface area contributed by atoms with E-state index in [1.807, 2.05) is 0 Å². The van der Waals surface area contributed by atoms with Crippen LogP contribution in [0.4, 0.5) is 4.39 Å². The predicted molar refractivity (Wildman–Crippen MR) is 104 cm³/mol. The van der Waals surface area contributed by atoms with Crippen molar-refractivity contribution in [3.63, 3.8) is 0 Å². The van der Waals surface area contributed by atoms with Gasteiger partial charge >= 0.3 is 0 Å². The highest BCUT2D eigenvalue weighted by Crippen LogP contribution is 2.60. The van der Waals surface area contributed by atoms with Gasteiger partial charge in [-0.2, -0.15) is 0 Å². The summed E-state index contributed by atoms with van der Waals surface area (Å²) < 4.78 is 20.7. The third-order valence-electron chi connectivity index (χ3n) is 7.71. The Morgan fingerprint density at radius 1 is 1.07 bits per heavy atom. The van der Waals surface area contributed by atoms with Crippen molar-refractivity contribution in [1.29, 1.82) is 0 Å². The van der Waals surface area contributed by atoms with Gasteiger partial charge in [-0.1, -0.05) is 24.4 Å². The Labute approximate surface area is 165 Å². The molecule has 0 spiro atoms. The highest BCUT2D eigenvalue weighted by Gasteiger charge is 2.51. The molecule has 1 aromatic rings. The van der Waals surface area contributed by atoms with E-state index < -0.39 is 5.82 Å². The van der Waals surface area contributed by atoms with Crippen LogP contribution < -0.4 is 4.74 Å². The molecule has 0 aromatic heterocycles. The van der Waals surface area contributed by atoms with Crippen LogP contribution in [0.5, 0.6) is 5.75 Å². The standard InChI is InChI=1S/C23H28ClFO2/c24-19-8-18(22(26)17-3-1-2-4-17)20(25)9-21(19)27-13-23-10-14-5-15(11-23)7-16(6-14)12-23/h8-9,14-17H,1-7,10-13H2. The zero-order valence-corrected chi connectivity index (χ0v) is 16.6. The Kier molecular flexibility index (Phi) is 4.50. The zero-order valence-electron chi connectivity index (χ0n) is 15.8. The largest absolute Gasteiger partial charge is 0.491 e. The van der Waals surface area contributed by atoms with Gasteiger partial charge < -0.3 is 4.74 Å². The first-order valence-electron chi connectivity index (χ1n) is 10.7. The Bertz CT molecular complexity index is 718. The van der Waals surface area contributed by atoms with Crippen molar-refractivity contribution in [3.8, 4) is 5.75 Å². The fourth-order valence-corrected chi connectivity index (χ4v) is 7.15. The number of Topliss-reactive ketones (excluding diaryl/α,β-unsaturated/α-hetero) is 1. The molecule has 0 amide bonds. The van der Waals surface area contributed by atoms with Crippen LogP contribution in [-0.2, 0) is 0 Å². The van der Waals surface area contributed by atoms with E-state index in [4.69, 9.17) is 16.3 Å². The van der Waals surface area contributed by atoms with Gasteiger partial charge in [-0.3, -0.25) is 4.79 Å². The Morgan fingerprint density at radius 3 is 2.26 bits per heavy atom. The number of hydrogen-bond donors (Lipinski definition) is 0. The molecule has 4 bridgehead atoms. The third kappa shape index (κ3) is 3.30. The molecule has 0 aliphatic heterocycles. The molecule has 27 heavy (non-hydrogen) atoms. The SMILES string of the molecule is O=C(c1cc(Cl)c(OCC23CC4CC(CC(C4)C2)C3)cc1F)C1CCCC1. The highest BCUT2D eigenvalue weighted by molar-refractivity contribution is 6.32. The number of benzene rings is 1. The molecule has 0 N–H and O–H groups in total. The molecule has 0 unspecified atom stereocenters. The maximum atomic E-state index is 14.7. The lowest BCUT2D eigenvalue weighted by Gasteiger charge is -2.56. The van der Waals surface area contributed by atoms with Gasteiger partial charge in [0, 0.05) is 17.4 Å². The summed E-state index contributed by atoms with van der Waals surface area (Å²) in [7, 11) is 0. The summed E-state index contributed by atoms with van der Waals surface area (Å²) in [5, 5.41) is 0.363. The number of carbonyl (C=O) groups excluding carboxylic acids is 1. The molecule has 0 saturated heterocycles. The van der Waals surface area contributed by atoms with Gasteiger partial charge in [0.2, 0.25) is 0 Å². The van der Waals surface area contributed by atoms with Crippen molar-refractivity contribution < 1.29 is 13.9 Å². The smallest absolute Gasteiger partial charge is 0.168 e. The number of ketones is 1. The molecule has 1 aromatic carbocycles. The van der Waals surface area contributed by atoms with Gasteiger partial charge in [-0.15, -0.1) is 0 Å². The quantitative estimate of drug-likeness (QED) is 0.540. The van der Waals surface area contributed by atoms with Crippen molar-refractivity contribution in [2.75, 3.05) is 6.61 Å². The number of hydrogen-bond acceptors (Lipinski definition) is 2. The molecule has 5 aliphatic rings. The molecular formula is C23H28ClFO2. The molecule has 0 heterocycles. The topological polar surface area (TPSA) is 26.3 Å². The van der Waals surface area contributed by atoms with Gasteiger partial charge in [0.15, 0.2) is 5.78 Å². The van der Waals surface area contributed by atoms with E-state index in [2.05, 4.69) is 0 Å². The van der Waals surface area contributed by atoms with Crippen molar-refractivity contribution >= 4 is 17.4 Å². The molecule has 0 radical (unpaired) electrons. The second-order valence-electron chi connectivity index (χ2n) is 9.81. The van der Waals surface area contributed by atoms with E-state index in [-0.39, 0.29) is 22.7 Å². The van der Waals surface area contributed by atoms with Gasteiger partial charge in [0.05, 0.1) is 17.2 Å². The van der Waals surface area contributed by atoms with Gasteiger partial charge in [-0.25, -0.2) is 4.39 Å². The molecule has 0 atom stereocenters. The second-order valence-corrected chi connectivity index (χ2v) is 10.2. The van der Waals surface area contributed by atoms with E-state index >= 15 is 0 Å². The highest BCUT2D eigenvalue weighted by atomic mass is 35.5.